The van der Waals surface area contributed by atoms with Gasteiger partial charge in [0.25, 0.3) is 0 Å². The average Bonchev–Trinajstić information content (AvgIpc) is 3.06. The molecule has 6 heteroatoms. The van der Waals surface area contributed by atoms with Crippen LogP contribution in [0.15, 0.2) is 12.5 Å². The van der Waals surface area contributed by atoms with E-state index in [-0.39, 0.29) is 0 Å². The molecule has 0 N–H and O–H groups in total. The van der Waals surface area contributed by atoms with Crippen molar-refractivity contribution in [2.45, 2.75) is 139 Å². The van der Waals surface area contributed by atoms with Crippen LogP contribution in [0.2, 0.25) is 55.9 Å². The molecule has 0 amide bonds. The first kappa shape index (κ1) is 33.7. The Morgan fingerprint density at radius 3 is 1.06 bits per heavy atom. The molecule has 0 aliphatic carbocycles. The van der Waals surface area contributed by atoms with E-state index >= 15 is 0 Å². The summed E-state index contributed by atoms with van der Waals surface area (Å²) in [5.41, 5.74) is 0. The molecule has 1 aromatic heterocycles. The van der Waals surface area contributed by atoms with Crippen LogP contribution in [0.1, 0.15) is 83.1 Å². The molecule has 0 spiro atoms. The molecule has 0 aromatic carbocycles. The zero-order valence-electron chi connectivity index (χ0n) is 27.2. The van der Waals surface area contributed by atoms with Gasteiger partial charge in [-0.25, -0.2) is 4.98 Å². The molecule has 0 fully saturated rings. The fourth-order valence-corrected chi connectivity index (χ4v) is 26.4. The fourth-order valence-electron chi connectivity index (χ4n) is 7.39. The van der Waals surface area contributed by atoms with Crippen molar-refractivity contribution in [3.63, 3.8) is 0 Å². The van der Waals surface area contributed by atoms with Gasteiger partial charge in [0.2, 0.25) is 0 Å². The third-order valence-electron chi connectivity index (χ3n) is 7.25. The van der Waals surface area contributed by atoms with Crippen LogP contribution in [0, 0.1) is 35.5 Å². The third-order valence-corrected chi connectivity index (χ3v) is 23.7. The molecular weight excluding hydrogens is 487 g/mol. The van der Waals surface area contributed by atoms with Crippen LogP contribution >= 0.6 is 0 Å². The molecule has 3 nitrogen and oxygen atoms in total. The number of hydrogen-bond acceptors (Lipinski definition) is 2. The molecule has 0 aliphatic rings. The fraction of sp³-hybridized carbons (Fsp3) is 0.900. The predicted molar refractivity (Wildman–Crippen MR) is 173 cm³/mol. The molecule has 0 saturated carbocycles. The van der Waals surface area contributed by atoms with Crippen LogP contribution in [-0.2, 0) is 0 Å². The Hall–Kier alpha value is -0.339. The minimum Gasteiger partial charge on any atom is -0.407 e. The Morgan fingerprint density at radius 2 is 0.861 bits per heavy atom. The van der Waals surface area contributed by atoms with Gasteiger partial charge in [-0.3, -0.25) is 0 Å². The van der Waals surface area contributed by atoms with Gasteiger partial charge in [0.15, 0.2) is 8.24 Å². The Balaban J connectivity index is 4.16. The van der Waals surface area contributed by atoms with Crippen LogP contribution in [0.4, 0.5) is 5.82 Å². The second-order valence-electron chi connectivity index (χ2n) is 15.7. The van der Waals surface area contributed by atoms with Gasteiger partial charge in [-0.05, 0) is 71.8 Å². The predicted octanol–water partition coefficient (Wildman–Crippen LogP) is 10.2. The summed E-state index contributed by atoms with van der Waals surface area (Å²) in [4.78, 5) is 5.35. The largest absolute Gasteiger partial charge is 0.407 e. The van der Waals surface area contributed by atoms with E-state index in [0.29, 0.717) is 0 Å². The van der Waals surface area contributed by atoms with Crippen molar-refractivity contribution in [2.75, 3.05) is 4.23 Å². The van der Waals surface area contributed by atoms with Gasteiger partial charge in [0.05, 0.1) is 6.33 Å². The van der Waals surface area contributed by atoms with Gasteiger partial charge >= 0.3 is 0 Å². The molecule has 0 radical (unpaired) electrons. The SMILES string of the molecule is CC(C)C[Si](CC(C)C)(CC(C)C)N(c1cn([Si](C)(C)C)cn1)[Si](CC(C)C)(CC(C)C)CC(C)C. The Bertz CT molecular complexity index is 669. The molecule has 36 heavy (non-hydrogen) atoms. The van der Waals surface area contributed by atoms with Crippen molar-refractivity contribution >= 4 is 30.5 Å². The summed E-state index contributed by atoms with van der Waals surface area (Å²) in [6.07, 6.45) is 4.71. The quantitative estimate of drug-likeness (QED) is 0.190. The number of anilines is 1. The van der Waals surface area contributed by atoms with Crippen LogP contribution in [0.25, 0.3) is 0 Å². The number of hydrogen-bond donors (Lipinski definition) is 0. The van der Waals surface area contributed by atoms with E-state index in [0.717, 1.165) is 35.5 Å². The van der Waals surface area contributed by atoms with E-state index in [9.17, 15) is 0 Å². The van der Waals surface area contributed by atoms with Gasteiger partial charge in [-0.15, -0.1) is 0 Å². The standard InChI is InChI=1S/C30H65N3Si3/c1-24(2)17-35(18-25(3)4,19-26(5)6)33(30-16-32(23-31-30)34(13,14)15)36(20-27(7)8,21-28(9)10)22-29(11)12/h16,23-29H,17-22H2,1-15H3. The highest BCUT2D eigenvalue weighted by Crippen LogP contribution is 2.46. The second kappa shape index (κ2) is 13.6. The first-order chi connectivity index (χ1) is 16.3. The van der Waals surface area contributed by atoms with Crippen LogP contribution < -0.4 is 4.23 Å². The minimum absolute atomic E-state index is 0.722. The summed E-state index contributed by atoms with van der Waals surface area (Å²) in [6, 6.07) is 8.37. The van der Waals surface area contributed by atoms with Crippen molar-refractivity contribution in [1.82, 2.24) is 9.22 Å². The highest BCUT2D eigenvalue weighted by Gasteiger charge is 2.53. The Morgan fingerprint density at radius 1 is 0.583 bits per heavy atom. The van der Waals surface area contributed by atoms with Gasteiger partial charge in [-0.2, -0.15) is 0 Å². The normalized spacial score (nSPS) is 13.9. The first-order valence-corrected chi connectivity index (χ1v) is 23.8. The first-order valence-electron chi connectivity index (χ1n) is 15.2. The Labute approximate surface area is 230 Å². The van der Waals surface area contributed by atoms with Crippen molar-refractivity contribution in [3.8, 4) is 0 Å². The van der Waals surface area contributed by atoms with Crippen molar-refractivity contribution in [2.24, 2.45) is 35.5 Å². The van der Waals surface area contributed by atoms with Crippen molar-refractivity contribution < 1.29 is 0 Å². The molecular formula is C30H65N3Si3. The minimum atomic E-state index is -1.90. The molecule has 0 aliphatic heterocycles. The maximum Gasteiger partial charge on any atom is 0.154 e. The molecule has 212 valence electrons. The molecule has 0 unspecified atom stereocenters. The maximum atomic E-state index is 5.35. The van der Waals surface area contributed by atoms with E-state index in [1.165, 1.54) is 42.1 Å². The lowest BCUT2D eigenvalue weighted by Gasteiger charge is -2.57. The lowest BCUT2D eigenvalue weighted by Crippen LogP contribution is -2.70. The molecule has 0 atom stereocenters. The van der Waals surface area contributed by atoms with E-state index < -0.39 is 24.7 Å². The van der Waals surface area contributed by atoms with Crippen LogP contribution in [0.3, 0.4) is 0 Å². The number of rotatable bonds is 16. The summed E-state index contributed by atoms with van der Waals surface area (Å²) in [5.74, 6) is 5.69. The highest BCUT2D eigenvalue weighted by atomic mass is 28.4. The van der Waals surface area contributed by atoms with Gasteiger partial charge < -0.3 is 8.46 Å². The lowest BCUT2D eigenvalue weighted by atomic mass is 10.2. The number of imidazole rings is 1. The molecule has 1 rings (SSSR count). The molecule has 1 heterocycles. The molecule has 0 bridgehead atoms. The van der Waals surface area contributed by atoms with Crippen molar-refractivity contribution in [3.05, 3.63) is 12.5 Å². The Kier molecular flexibility index (Phi) is 12.8. The van der Waals surface area contributed by atoms with E-state index in [1.54, 1.807) is 0 Å². The van der Waals surface area contributed by atoms with E-state index in [2.05, 4.69) is 124 Å². The summed E-state index contributed by atoms with van der Waals surface area (Å²) in [6.45, 7) is 37.2. The monoisotopic (exact) mass is 551 g/mol. The van der Waals surface area contributed by atoms with E-state index in [4.69, 9.17) is 4.98 Å². The van der Waals surface area contributed by atoms with Gasteiger partial charge in [0.1, 0.15) is 22.3 Å². The summed E-state index contributed by atoms with van der Waals surface area (Å²) in [5, 5.41) is 0. The zero-order valence-corrected chi connectivity index (χ0v) is 30.2. The zero-order chi connectivity index (χ0) is 28.1. The van der Waals surface area contributed by atoms with Gasteiger partial charge in [0, 0.05) is 6.20 Å². The summed E-state index contributed by atoms with van der Waals surface area (Å²) >= 11 is 0. The van der Waals surface area contributed by atoms with Crippen molar-refractivity contribution in [1.29, 1.82) is 0 Å². The van der Waals surface area contributed by atoms with Gasteiger partial charge in [-0.1, -0.05) is 103 Å². The maximum absolute atomic E-state index is 5.35. The highest BCUT2D eigenvalue weighted by molar-refractivity contribution is 7.02. The smallest absolute Gasteiger partial charge is 0.154 e. The topological polar surface area (TPSA) is 21.1 Å². The number of nitrogens with zero attached hydrogens (tertiary/aromatic N) is 3. The summed E-state index contributed by atoms with van der Waals surface area (Å²) < 4.78 is 5.78. The van der Waals surface area contributed by atoms with Crippen LogP contribution in [0.5, 0.6) is 0 Å². The molecule has 0 saturated heterocycles. The van der Waals surface area contributed by atoms with E-state index in [1.807, 2.05) is 0 Å². The second-order valence-corrected chi connectivity index (χ2v) is 29.2. The average molecular weight is 552 g/mol. The summed E-state index contributed by atoms with van der Waals surface area (Å²) in [7, 11) is -5.31. The number of aromatic nitrogens is 2. The van der Waals surface area contributed by atoms with Crippen LogP contribution in [-0.4, -0.2) is 33.9 Å². The molecule has 1 aromatic rings. The lowest BCUT2D eigenvalue weighted by molar-refractivity contribution is 0.622. The third kappa shape index (κ3) is 9.76.